The maximum Gasteiger partial charge on any atom is 0.169 e. The summed E-state index contributed by atoms with van der Waals surface area (Å²) in [7, 11) is 0. The number of carbonyl (C=O) groups excluding carboxylic acids is 1. The Hall–Kier alpha value is -2.98. The molecule has 0 unspecified atom stereocenters. The SMILES string of the molecule is N#CC1(C#N)[C@H](c2ccccc2)[C@@H]1C(=O)c1ccc(F)cc1. The molecule has 4 heteroatoms. The minimum Gasteiger partial charge on any atom is -0.294 e. The smallest absolute Gasteiger partial charge is 0.169 e. The molecule has 1 aliphatic rings. The van der Waals surface area contributed by atoms with Crippen LogP contribution in [0.5, 0.6) is 0 Å². The number of ketones is 1. The van der Waals surface area contributed by atoms with Crippen molar-refractivity contribution in [2.75, 3.05) is 0 Å². The fourth-order valence-corrected chi connectivity index (χ4v) is 2.96. The molecule has 0 aromatic heterocycles. The lowest BCUT2D eigenvalue weighted by atomic mass is 10.0. The zero-order chi connectivity index (χ0) is 15.7. The van der Waals surface area contributed by atoms with E-state index in [4.69, 9.17) is 0 Å². The Bertz CT molecular complexity index is 786. The molecule has 0 bridgehead atoms. The molecular formula is C18H11FN2O. The van der Waals surface area contributed by atoms with Crippen LogP contribution in [0.4, 0.5) is 4.39 Å². The third kappa shape index (κ3) is 1.98. The number of benzene rings is 2. The average Bonchev–Trinajstić information content (AvgIpc) is 3.25. The number of hydrogen-bond acceptors (Lipinski definition) is 3. The minimum atomic E-state index is -1.34. The predicted molar refractivity (Wildman–Crippen MR) is 77.1 cm³/mol. The van der Waals surface area contributed by atoms with Crippen molar-refractivity contribution in [3.8, 4) is 12.1 Å². The quantitative estimate of drug-likeness (QED) is 0.813. The Morgan fingerprint density at radius 3 is 2.14 bits per heavy atom. The van der Waals surface area contributed by atoms with E-state index in [1.54, 1.807) is 0 Å². The Morgan fingerprint density at radius 1 is 1.00 bits per heavy atom. The van der Waals surface area contributed by atoms with Gasteiger partial charge in [0.2, 0.25) is 0 Å². The van der Waals surface area contributed by atoms with Gasteiger partial charge in [0.15, 0.2) is 11.2 Å². The molecule has 2 aromatic rings. The molecule has 0 saturated heterocycles. The van der Waals surface area contributed by atoms with Gasteiger partial charge in [-0.05, 0) is 29.8 Å². The highest BCUT2D eigenvalue weighted by Crippen LogP contribution is 2.65. The molecule has 3 rings (SSSR count). The lowest BCUT2D eigenvalue weighted by molar-refractivity contribution is 0.0958. The molecule has 1 fully saturated rings. The van der Waals surface area contributed by atoms with E-state index in [9.17, 15) is 19.7 Å². The molecule has 1 aliphatic carbocycles. The number of Topliss-reactive ketones (excluding diaryl/α,β-unsaturated/α-hetero) is 1. The first-order valence-electron chi connectivity index (χ1n) is 6.81. The normalized spacial score (nSPS) is 21.4. The fourth-order valence-electron chi connectivity index (χ4n) is 2.96. The molecule has 0 spiro atoms. The van der Waals surface area contributed by atoms with Crippen LogP contribution in [0, 0.1) is 39.8 Å². The highest BCUT2D eigenvalue weighted by atomic mass is 19.1. The first-order valence-corrected chi connectivity index (χ1v) is 6.81. The molecule has 2 atom stereocenters. The molecule has 2 aromatic carbocycles. The van der Waals surface area contributed by atoms with Crippen molar-refractivity contribution in [1.82, 2.24) is 0 Å². The van der Waals surface area contributed by atoms with E-state index >= 15 is 0 Å². The summed E-state index contributed by atoms with van der Waals surface area (Å²) in [5.41, 5.74) is -0.224. The van der Waals surface area contributed by atoms with Crippen LogP contribution in [0.1, 0.15) is 21.8 Å². The maximum atomic E-state index is 13.0. The summed E-state index contributed by atoms with van der Waals surface area (Å²) in [6.45, 7) is 0. The molecule has 1 saturated carbocycles. The van der Waals surface area contributed by atoms with E-state index in [0.29, 0.717) is 5.56 Å². The number of carbonyl (C=O) groups is 1. The first-order chi connectivity index (χ1) is 10.6. The van der Waals surface area contributed by atoms with Gasteiger partial charge in [-0.25, -0.2) is 4.39 Å². The van der Waals surface area contributed by atoms with E-state index in [1.165, 1.54) is 24.3 Å². The van der Waals surface area contributed by atoms with Gasteiger partial charge in [-0.2, -0.15) is 10.5 Å². The molecule has 22 heavy (non-hydrogen) atoms. The topological polar surface area (TPSA) is 64.7 Å². The minimum absolute atomic E-state index is 0.294. The summed E-state index contributed by atoms with van der Waals surface area (Å²) < 4.78 is 13.0. The number of halogens is 1. The summed E-state index contributed by atoms with van der Waals surface area (Å²) >= 11 is 0. The maximum absolute atomic E-state index is 13.0. The monoisotopic (exact) mass is 290 g/mol. The van der Waals surface area contributed by atoms with E-state index in [1.807, 2.05) is 42.5 Å². The van der Waals surface area contributed by atoms with Crippen LogP contribution in [0.3, 0.4) is 0 Å². The third-order valence-electron chi connectivity index (χ3n) is 4.15. The second-order valence-electron chi connectivity index (χ2n) is 5.33. The van der Waals surface area contributed by atoms with Crippen molar-refractivity contribution in [2.24, 2.45) is 11.3 Å². The van der Waals surface area contributed by atoms with E-state index < -0.39 is 23.1 Å². The van der Waals surface area contributed by atoms with Crippen LogP contribution in [-0.2, 0) is 0 Å². The summed E-state index contributed by atoms with van der Waals surface area (Å²) in [6, 6.07) is 18.3. The van der Waals surface area contributed by atoms with Crippen molar-refractivity contribution >= 4 is 5.78 Å². The van der Waals surface area contributed by atoms with Crippen molar-refractivity contribution in [3.63, 3.8) is 0 Å². The Morgan fingerprint density at radius 2 is 1.59 bits per heavy atom. The van der Waals surface area contributed by atoms with Gasteiger partial charge in [-0.3, -0.25) is 4.79 Å². The average molecular weight is 290 g/mol. The van der Waals surface area contributed by atoms with Gasteiger partial charge in [0, 0.05) is 11.5 Å². The molecule has 3 nitrogen and oxygen atoms in total. The van der Waals surface area contributed by atoms with Gasteiger partial charge in [0.25, 0.3) is 0 Å². The van der Waals surface area contributed by atoms with E-state index in [-0.39, 0.29) is 5.78 Å². The number of rotatable bonds is 3. The number of hydrogen-bond donors (Lipinski definition) is 0. The zero-order valence-corrected chi connectivity index (χ0v) is 11.5. The molecule has 0 aliphatic heterocycles. The molecule has 0 radical (unpaired) electrons. The first kappa shape index (κ1) is 14.0. The van der Waals surface area contributed by atoms with Crippen molar-refractivity contribution in [3.05, 3.63) is 71.5 Å². The van der Waals surface area contributed by atoms with Crippen LogP contribution in [0.15, 0.2) is 54.6 Å². The largest absolute Gasteiger partial charge is 0.294 e. The lowest BCUT2D eigenvalue weighted by Gasteiger charge is -2.00. The van der Waals surface area contributed by atoms with E-state index in [0.717, 1.165) is 5.56 Å². The van der Waals surface area contributed by atoms with Crippen LogP contribution >= 0.6 is 0 Å². The van der Waals surface area contributed by atoms with Crippen LogP contribution in [0.25, 0.3) is 0 Å². The van der Waals surface area contributed by atoms with Crippen LogP contribution in [-0.4, -0.2) is 5.78 Å². The van der Waals surface area contributed by atoms with Gasteiger partial charge in [0.1, 0.15) is 5.82 Å². The molecule has 106 valence electrons. The van der Waals surface area contributed by atoms with Gasteiger partial charge in [-0.15, -0.1) is 0 Å². The zero-order valence-electron chi connectivity index (χ0n) is 11.5. The van der Waals surface area contributed by atoms with Gasteiger partial charge >= 0.3 is 0 Å². The predicted octanol–water partition coefficient (Wildman–Crippen LogP) is 3.46. The highest BCUT2D eigenvalue weighted by molar-refractivity contribution is 6.02. The Balaban J connectivity index is 1.99. The summed E-state index contributed by atoms with van der Waals surface area (Å²) in [5, 5.41) is 18.8. The Kier molecular flexibility index (Phi) is 3.23. The summed E-state index contributed by atoms with van der Waals surface area (Å²) in [5.74, 6) is -1.88. The van der Waals surface area contributed by atoms with Crippen LogP contribution < -0.4 is 0 Å². The molecule has 0 amide bonds. The van der Waals surface area contributed by atoms with Gasteiger partial charge < -0.3 is 0 Å². The van der Waals surface area contributed by atoms with Crippen LogP contribution in [0.2, 0.25) is 0 Å². The third-order valence-corrected chi connectivity index (χ3v) is 4.15. The standard InChI is InChI=1S/C18H11FN2O/c19-14-8-6-13(7-9-14)17(22)16-15(18(16,10-20)11-21)12-4-2-1-3-5-12/h1-9,15-16H/t15-,16-/m1/s1. The summed E-state index contributed by atoms with van der Waals surface area (Å²) in [6.07, 6.45) is 0. The fraction of sp³-hybridized carbons (Fsp3) is 0.167. The van der Waals surface area contributed by atoms with Crippen molar-refractivity contribution < 1.29 is 9.18 Å². The molecular weight excluding hydrogens is 279 g/mol. The molecule has 0 heterocycles. The van der Waals surface area contributed by atoms with Gasteiger partial charge in [0.05, 0.1) is 18.1 Å². The second kappa shape index (κ2) is 5.09. The summed E-state index contributed by atoms with van der Waals surface area (Å²) in [4.78, 5) is 12.6. The second-order valence-corrected chi connectivity index (χ2v) is 5.33. The van der Waals surface area contributed by atoms with Crippen molar-refractivity contribution in [1.29, 1.82) is 10.5 Å². The van der Waals surface area contributed by atoms with Crippen molar-refractivity contribution in [2.45, 2.75) is 5.92 Å². The molecule has 0 N–H and O–H groups in total. The highest BCUT2D eigenvalue weighted by Gasteiger charge is 2.70. The number of nitrogens with zero attached hydrogens (tertiary/aromatic N) is 2. The van der Waals surface area contributed by atoms with Gasteiger partial charge in [-0.1, -0.05) is 30.3 Å². The lowest BCUT2D eigenvalue weighted by Crippen LogP contribution is -2.08. The van der Waals surface area contributed by atoms with E-state index in [2.05, 4.69) is 0 Å². The Labute approximate surface area is 127 Å². The number of nitriles is 2.